The highest BCUT2D eigenvalue weighted by Crippen LogP contribution is 2.14. The zero-order valence-corrected chi connectivity index (χ0v) is 9.34. The molecule has 3 heteroatoms. The molecule has 0 spiro atoms. The van der Waals surface area contributed by atoms with Crippen molar-refractivity contribution in [2.45, 2.75) is 20.8 Å². The molecule has 3 nitrogen and oxygen atoms in total. The van der Waals surface area contributed by atoms with Gasteiger partial charge in [0.1, 0.15) is 0 Å². The third-order valence-corrected chi connectivity index (χ3v) is 2.15. The maximum absolute atomic E-state index is 11.7. The second kappa shape index (κ2) is 4.60. The molecule has 1 amide bonds. The fraction of sp³-hybridized carbons (Fsp3) is 0.727. The molecule has 0 aliphatic carbocycles. The molecule has 80 valence electrons. The van der Waals surface area contributed by atoms with Crippen molar-refractivity contribution in [3.05, 3.63) is 12.2 Å². The zero-order valence-electron chi connectivity index (χ0n) is 9.34. The van der Waals surface area contributed by atoms with Crippen LogP contribution in [-0.4, -0.2) is 37.0 Å². The van der Waals surface area contributed by atoms with Crippen molar-refractivity contribution in [1.29, 1.82) is 0 Å². The van der Waals surface area contributed by atoms with E-state index in [4.69, 9.17) is 0 Å². The van der Waals surface area contributed by atoms with Crippen LogP contribution in [0, 0.1) is 5.41 Å². The molecule has 1 N–H and O–H groups in total. The van der Waals surface area contributed by atoms with E-state index < -0.39 is 0 Å². The van der Waals surface area contributed by atoms with Gasteiger partial charge in [0.05, 0.1) is 0 Å². The van der Waals surface area contributed by atoms with Crippen molar-refractivity contribution in [2.24, 2.45) is 5.41 Å². The number of carbonyl (C=O) groups excluding carboxylic acids is 1. The van der Waals surface area contributed by atoms with Crippen LogP contribution in [0.2, 0.25) is 0 Å². The van der Waals surface area contributed by atoms with Crippen LogP contribution in [0.25, 0.3) is 0 Å². The lowest BCUT2D eigenvalue weighted by molar-refractivity contribution is -0.126. The fourth-order valence-electron chi connectivity index (χ4n) is 1.31. The number of nitrogens with zero attached hydrogens (tertiary/aromatic N) is 1. The Balaban J connectivity index is 2.44. The Morgan fingerprint density at radius 1 is 1.29 bits per heavy atom. The van der Waals surface area contributed by atoms with Crippen LogP contribution in [0.4, 0.5) is 0 Å². The Bertz CT molecular complexity index is 222. The normalized spacial score (nSPS) is 18.9. The third kappa shape index (κ3) is 3.92. The molecular weight excluding hydrogens is 176 g/mol. The number of nitrogens with one attached hydrogen (secondary N) is 1. The van der Waals surface area contributed by atoms with Crippen molar-refractivity contribution in [3.8, 4) is 0 Å². The second-order valence-electron chi connectivity index (χ2n) is 4.77. The van der Waals surface area contributed by atoms with Gasteiger partial charge in [0, 0.05) is 26.2 Å². The van der Waals surface area contributed by atoms with Crippen LogP contribution in [0.1, 0.15) is 20.8 Å². The van der Waals surface area contributed by atoms with Crippen molar-refractivity contribution in [3.63, 3.8) is 0 Å². The first-order valence-electron chi connectivity index (χ1n) is 5.18. The van der Waals surface area contributed by atoms with Crippen LogP contribution >= 0.6 is 0 Å². The van der Waals surface area contributed by atoms with Gasteiger partial charge in [0.2, 0.25) is 5.91 Å². The molecule has 0 radical (unpaired) electrons. The topological polar surface area (TPSA) is 32.3 Å². The van der Waals surface area contributed by atoms with Gasteiger partial charge in [-0.25, -0.2) is 0 Å². The molecule has 0 atom stereocenters. The van der Waals surface area contributed by atoms with Crippen molar-refractivity contribution in [1.82, 2.24) is 10.2 Å². The van der Waals surface area contributed by atoms with E-state index in [1.54, 1.807) is 6.08 Å². The van der Waals surface area contributed by atoms with E-state index in [1.165, 1.54) is 0 Å². The molecule has 1 saturated heterocycles. The van der Waals surface area contributed by atoms with Crippen molar-refractivity contribution in [2.75, 3.05) is 26.2 Å². The molecule has 1 aliphatic rings. The van der Waals surface area contributed by atoms with Gasteiger partial charge >= 0.3 is 0 Å². The number of rotatable bonds is 1. The summed E-state index contributed by atoms with van der Waals surface area (Å²) in [4.78, 5) is 13.5. The van der Waals surface area contributed by atoms with Crippen LogP contribution < -0.4 is 5.32 Å². The highest BCUT2D eigenvalue weighted by atomic mass is 16.2. The molecule has 14 heavy (non-hydrogen) atoms. The number of allylic oxidation sites excluding steroid dienone is 1. The molecule has 0 aromatic rings. The Morgan fingerprint density at radius 2 is 1.86 bits per heavy atom. The molecule has 0 bridgehead atoms. The zero-order chi connectivity index (χ0) is 10.6. The molecule has 1 rings (SSSR count). The van der Waals surface area contributed by atoms with Gasteiger partial charge in [-0.2, -0.15) is 0 Å². The minimum atomic E-state index is 0.0870. The van der Waals surface area contributed by atoms with E-state index in [-0.39, 0.29) is 11.3 Å². The second-order valence-corrected chi connectivity index (χ2v) is 4.77. The lowest BCUT2D eigenvalue weighted by Crippen LogP contribution is -2.45. The minimum Gasteiger partial charge on any atom is -0.337 e. The van der Waals surface area contributed by atoms with Crippen LogP contribution in [-0.2, 0) is 4.79 Å². The molecule has 1 aliphatic heterocycles. The number of amides is 1. The first-order chi connectivity index (χ1) is 6.49. The molecule has 0 aromatic heterocycles. The summed E-state index contributed by atoms with van der Waals surface area (Å²) in [6.07, 6.45) is 3.67. The SMILES string of the molecule is CC(C)(C)/C=C\C(=O)N1CCNCC1. The first kappa shape index (κ1) is 11.2. The van der Waals surface area contributed by atoms with E-state index in [0.29, 0.717) is 0 Å². The maximum Gasteiger partial charge on any atom is 0.246 e. The monoisotopic (exact) mass is 196 g/mol. The minimum absolute atomic E-state index is 0.0870. The average Bonchev–Trinajstić information content (AvgIpc) is 2.14. The Hall–Kier alpha value is -0.830. The molecule has 1 heterocycles. The Kier molecular flexibility index (Phi) is 3.69. The number of hydrogen-bond donors (Lipinski definition) is 1. The van der Waals surface area contributed by atoms with E-state index in [9.17, 15) is 4.79 Å². The largest absolute Gasteiger partial charge is 0.337 e. The highest BCUT2D eigenvalue weighted by molar-refractivity contribution is 5.87. The predicted octanol–water partition coefficient (Wildman–Crippen LogP) is 1.02. The molecule has 0 saturated carbocycles. The molecular formula is C11H20N2O. The fourth-order valence-corrected chi connectivity index (χ4v) is 1.31. The van der Waals surface area contributed by atoms with E-state index in [1.807, 2.05) is 11.0 Å². The summed E-state index contributed by atoms with van der Waals surface area (Å²) >= 11 is 0. The molecule has 0 unspecified atom stereocenters. The average molecular weight is 196 g/mol. The quantitative estimate of drug-likeness (QED) is 0.635. The standard InChI is InChI=1S/C11H20N2O/c1-11(2,3)5-4-10(14)13-8-6-12-7-9-13/h4-5,12H,6-9H2,1-3H3/b5-4-. The smallest absolute Gasteiger partial charge is 0.246 e. The maximum atomic E-state index is 11.7. The summed E-state index contributed by atoms with van der Waals surface area (Å²) in [5, 5.41) is 3.22. The van der Waals surface area contributed by atoms with Gasteiger partial charge in [-0.05, 0) is 11.5 Å². The van der Waals surface area contributed by atoms with E-state index in [0.717, 1.165) is 26.2 Å². The van der Waals surface area contributed by atoms with Gasteiger partial charge < -0.3 is 10.2 Å². The molecule has 1 fully saturated rings. The lowest BCUT2D eigenvalue weighted by atomic mass is 9.96. The van der Waals surface area contributed by atoms with Crippen molar-refractivity contribution < 1.29 is 4.79 Å². The van der Waals surface area contributed by atoms with Gasteiger partial charge in [0.25, 0.3) is 0 Å². The van der Waals surface area contributed by atoms with Gasteiger partial charge in [-0.3, -0.25) is 4.79 Å². The van der Waals surface area contributed by atoms with E-state index >= 15 is 0 Å². The lowest BCUT2D eigenvalue weighted by Gasteiger charge is -2.26. The van der Waals surface area contributed by atoms with Gasteiger partial charge in [0.15, 0.2) is 0 Å². The van der Waals surface area contributed by atoms with Crippen LogP contribution in [0.3, 0.4) is 0 Å². The third-order valence-electron chi connectivity index (χ3n) is 2.15. The predicted molar refractivity (Wildman–Crippen MR) is 58.0 cm³/mol. The Morgan fingerprint density at radius 3 is 2.36 bits per heavy atom. The number of hydrogen-bond acceptors (Lipinski definition) is 2. The summed E-state index contributed by atoms with van der Waals surface area (Å²) < 4.78 is 0. The summed E-state index contributed by atoms with van der Waals surface area (Å²) in [6.45, 7) is 9.75. The van der Waals surface area contributed by atoms with Crippen LogP contribution in [0.15, 0.2) is 12.2 Å². The van der Waals surface area contributed by atoms with Gasteiger partial charge in [-0.15, -0.1) is 0 Å². The van der Waals surface area contributed by atoms with Gasteiger partial charge in [-0.1, -0.05) is 26.8 Å². The number of piperazine rings is 1. The summed E-state index contributed by atoms with van der Waals surface area (Å²) in [7, 11) is 0. The summed E-state index contributed by atoms with van der Waals surface area (Å²) in [5.74, 6) is 0.140. The summed E-state index contributed by atoms with van der Waals surface area (Å²) in [5.41, 5.74) is 0.0870. The van der Waals surface area contributed by atoms with E-state index in [2.05, 4.69) is 26.1 Å². The number of carbonyl (C=O) groups is 1. The highest BCUT2D eigenvalue weighted by Gasteiger charge is 2.14. The first-order valence-corrected chi connectivity index (χ1v) is 5.18. The summed E-state index contributed by atoms with van der Waals surface area (Å²) in [6, 6.07) is 0. The Labute approximate surface area is 86.2 Å². The van der Waals surface area contributed by atoms with Crippen LogP contribution in [0.5, 0.6) is 0 Å². The van der Waals surface area contributed by atoms with Crippen molar-refractivity contribution >= 4 is 5.91 Å². The molecule has 0 aromatic carbocycles.